The molecule has 1 N–H and O–H groups in total. The maximum Gasteiger partial charge on any atom is 0.336 e. The molecule has 1 aromatic heterocycles. The molecule has 7 heteroatoms. The van der Waals surface area contributed by atoms with Crippen LogP contribution in [0.1, 0.15) is 25.8 Å². The molecule has 3 aromatic rings. The smallest absolute Gasteiger partial charge is 0.336 e. The zero-order chi connectivity index (χ0) is 21.1. The van der Waals surface area contributed by atoms with Crippen LogP contribution in [0.15, 0.2) is 52.1 Å². The van der Waals surface area contributed by atoms with E-state index in [2.05, 4.69) is 5.32 Å². The van der Waals surface area contributed by atoms with Gasteiger partial charge in [-0.3, -0.25) is 14.2 Å². The van der Waals surface area contributed by atoms with Gasteiger partial charge in [-0.25, -0.2) is 9.36 Å². The van der Waals surface area contributed by atoms with E-state index in [-0.39, 0.29) is 18.5 Å². The van der Waals surface area contributed by atoms with E-state index in [4.69, 9.17) is 4.74 Å². The molecule has 0 aliphatic heterocycles. The van der Waals surface area contributed by atoms with E-state index in [9.17, 15) is 14.4 Å². The molecule has 2 aromatic carbocycles. The predicted octanol–water partition coefficient (Wildman–Crippen LogP) is 2.38. The zero-order valence-corrected chi connectivity index (χ0v) is 17.1. The summed E-state index contributed by atoms with van der Waals surface area (Å²) >= 11 is 0. The molecule has 0 fully saturated rings. The summed E-state index contributed by atoms with van der Waals surface area (Å²) < 4.78 is 7.65. The Morgan fingerprint density at radius 2 is 1.93 bits per heavy atom. The van der Waals surface area contributed by atoms with Crippen LogP contribution >= 0.6 is 0 Å². The minimum absolute atomic E-state index is 0.00370. The number of hydrogen-bond acceptors (Lipinski definition) is 4. The van der Waals surface area contributed by atoms with Crippen molar-refractivity contribution < 1.29 is 9.53 Å². The minimum Gasteiger partial charge on any atom is -0.497 e. The third kappa shape index (κ3) is 4.08. The van der Waals surface area contributed by atoms with Gasteiger partial charge in [0, 0.05) is 12.1 Å². The second-order valence-corrected chi connectivity index (χ2v) is 7.11. The van der Waals surface area contributed by atoms with Gasteiger partial charge in [0.2, 0.25) is 5.91 Å². The molecule has 0 radical (unpaired) electrons. The van der Waals surface area contributed by atoms with Crippen LogP contribution in [0.2, 0.25) is 0 Å². The monoisotopic (exact) mass is 395 g/mol. The molecular weight excluding hydrogens is 370 g/mol. The van der Waals surface area contributed by atoms with E-state index in [0.29, 0.717) is 22.3 Å². The Hall–Kier alpha value is -3.35. The fourth-order valence-corrected chi connectivity index (χ4v) is 3.18. The molecular formula is C22H25N3O4. The van der Waals surface area contributed by atoms with Gasteiger partial charge in [0.05, 0.1) is 23.7 Å². The Morgan fingerprint density at radius 3 is 2.62 bits per heavy atom. The summed E-state index contributed by atoms with van der Waals surface area (Å²) in [6.45, 7) is 5.57. The zero-order valence-electron chi connectivity index (χ0n) is 17.1. The number of nitrogens with one attached hydrogen (secondary N) is 1. The Balaban J connectivity index is 2.26. The molecule has 3 rings (SSSR count). The SMILES string of the molecule is CCC(C)NC(=O)Cn1c(=O)n(-c2cccc(OC)c2)c(=O)c2cc(C)ccc21. The van der Waals surface area contributed by atoms with E-state index in [1.54, 1.807) is 36.4 Å². The highest BCUT2D eigenvalue weighted by Crippen LogP contribution is 2.16. The Labute approximate surface area is 168 Å². The molecule has 0 aliphatic carbocycles. The first-order valence-corrected chi connectivity index (χ1v) is 9.55. The molecule has 7 nitrogen and oxygen atoms in total. The summed E-state index contributed by atoms with van der Waals surface area (Å²) in [5.74, 6) is 0.248. The predicted molar refractivity (Wildman–Crippen MR) is 113 cm³/mol. The number of aryl methyl sites for hydroxylation is 1. The molecule has 0 saturated heterocycles. The van der Waals surface area contributed by atoms with Crippen LogP contribution in [0.3, 0.4) is 0 Å². The van der Waals surface area contributed by atoms with E-state index in [1.807, 2.05) is 26.8 Å². The quantitative estimate of drug-likeness (QED) is 0.695. The van der Waals surface area contributed by atoms with Crippen LogP contribution in [0.25, 0.3) is 16.6 Å². The number of nitrogens with zero attached hydrogens (tertiary/aromatic N) is 2. The van der Waals surface area contributed by atoms with Gasteiger partial charge in [-0.15, -0.1) is 0 Å². The van der Waals surface area contributed by atoms with Crippen molar-refractivity contribution in [2.24, 2.45) is 0 Å². The molecule has 1 heterocycles. The third-order valence-corrected chi connectivity index (χ3v) is 4.93. The number of carbonyl (C=O) groups is 1. The summed E-state index contributed by atoms with van der Waals surface area (Å²) in [6.07, 6.45) is 0.782. The first-order chi connectivity index (χ1) is 13.8. The third-order valence-electron chi connectivity index (χ3n) is 4.93. The maximum absolute atomic E-state index is 13.3. The lowest BCUT2D eigenvalue weighted by molar-refractivity contribution is -0.122. The fourth-order valence-electron chi connectivity index (χ4n) is 3.18. The van der Waals surface area contributed by atoms with Gasteiger partial charge in [-0.2, -0.15) is 0 Å². The first kappa shape index (κ1) is 20.4. The lowest BCUT2D eigenvalue weighted by Gasteiger charge is -2.16. The molecule has 0 saturated carbocycles. The number of rotatable bonds is 6. The van der Waals surface area contributed by atoms with Crippen molar-refractivity contribution in [3.63, 3.8) is 0 Å². The molecule has 0 aliphatic rings. The molecule has 0 spiro atoms. The van der Waals surface area contributed by atoms with Crippen molar-refractivity contribution in [2.45, 2.75) is 39.8 Å². The number of fused-ring (bicyclic) bond motifs is 1. The maximum atomic E-state index is 13.3. The molecule has 29 heavy (non-hydrogen) atoms. The number of ether oxygens (including phenoxy) is 1. The largest absolute Gasteiger partial charge is 0.497 e. The van der Waals surface area contributed by atoms with Crippen molar-refractivity contribution in [1.82, 2.24) is 14.5 Å². The Kier molecular flexibility index (Phi) is 5.87. The van der Waals surface area contributed by atoms with Crippen LogP contribution in [0, 0.1) is 6.92 Å². The Bertz CT molecular complexity index is 1180. The average molecular weight is 395 g/mol. The minimum atomic E-state index is -0.570. The second kappa shape index (κ2) is 8.34. The number of carbonyl (C=O) groups excluding carboxylic acids is 1. The molecule has 1 amide bonds. The standard InChI is InChI=1S/C22H25N3O4/c1-5-15(3)23-20(26)13-24-19-10-9-14(2)11-18(19)21(27)25(22(24)28)16-7-6-8-17(12-16)29-4/h6-12,15H,5,13H2,1-4H3,(H,23,26). The normalized spacial score (nSPS) is 12.0. The first-order valence-electron chi connectivity index (χ1n) is 9.55. The van der Waals surface area contributed by atoms with Gasteiger partial charge >= 0.3 is 5.69 Å². The lowest BCUT2D eigenvalue weighted by atomic mass is 10.1. The van der Waals surface area contributed by atoms with E-state index in [0.717, 1.165) is 16.6 Å². The van der Waals surface area contributed by atoms with Crippen molar-refractivity contribution in [1.29, 1.82) is 0 Å². The second-order valence-electron chi connectivity index (χ2n) is 7.11. The van der Waals surface area contributed by atoms with Crippen molar-refractivity contribution in [2.75, 3.05) is 7.11 Å². The van der Waals surface area contributed by atoms with Gasteiger partial charge < -0.3 is 10.1 Å². The van der Waals surface area contributed by atoms with Crippen molar-refractivity contribution >= 4 is 16.8 Å². The van der Waals surface area contributed by atoms with Crippen LogP contribution < -0.4 is 21.3 Å². The summed E-state index contributed by atoms with van der Waals surface area (Å²) in [7, 11) is 1.52. The molecule has 1 unspecified atom stereocenters. The van der Waals surface area contributed by atoms with E-state index in [1.165, 1.54) is 11.7 Å². The Morgan fingerprint density at radius 1 is 1.17 bits per heavy atom. The molecule has 1 atom stereocenters. The van der Waals surface area contributed by atoms with Crippen LogP contribution in [0.5, 0.6) is 5.75 Å². The summed E-state index contributed by atoms with van der Waals surface area (Å²) in [5.41, 5.74) is 0.711. The fraction of sp³-hybridized carbons (Fsp3) is 0.318. The molecule has 152 valence electrons. The average Bonchev–Trinajstić information content (AvgIpc) is 2.71. The van der Waals surface area contributed by atoms with Gasteiger partial charge in [0.1, 0.15) is 12.3 Å². The van der Waals surface area contributed by atoms with Crippen LogP contribution in [0.4, 0.5) is 0 Å². The number of methoxy groups -OCH3 is 1. The summed E-state index contributed by atoms with van der Waals surface area (Å²) in [5, 5.41) is 3.25. The van der Waals surface area contributed by atoms with Crippen LogP contribution in [-0.4, -0.2) is 28.2 Å². The van der Waals surface area contributed by atoms with Crippen molar-refractivity contribution in [3.05, 3.63) is 68.9 Å². The van der Waals surface area contributed by atoms with Gasteiger partial charge in [-0.1, -0.05) is 24.6 Å². The summed E-state index contributed by atoms with van der Waals surface area (Å²) in [4.78, 5) is 39.0. The highest BCUT2D eigenvalue weighted by Gasteiger charge is 2.17. The molecule has 0 bridgehead atoms. The van der Waals surface area contributed by atoms with Gasteiger partial charge in [0.15, 0.2) is 0 Å². The van der Waals surface area contributed by atoms with E-state index < -0.39 is 11.2 Å². The number of amides is 1. The van der Waals surface area contributed by atoms with Crippen LogP contribution in [-0.2, 0) is 11.3 Å². The topological polar surface area (TPSA) is 82.3 Å². The van der Waals surface area contributed by atoms with Crippen molar-refractivity contribution in [3.8, 4) is 11.4 Å². The number of benzene rings is 2. The highest BCUT2D eigenvalue weighted by molar-refractivity contribution is 5.82. The van der Waals surface area contributed by atoms with E-state index >= 15 is 0 Å². The number of aromatic nitrogens is 2. The van der Waals surface area contributed by atoms with Gasteiger partial charge in [0.25, 0.3) is 5.56 Å². The lowest BCUT2D eigenvalue weighted by Crippen LogP contribution is -2.43. The number of hydrogen-bond donors (Lipinski definition) is 1. The highest BCUT2D eigenvalue weighted by atomic mass is 16.5. The van der Waals surface area contributed by atoms with Gasteiger partial charge in [-0.05, 0) is 44.5 Å². The summed E-state index contributed by atoms with van der Waals surface area (Å²) in [6, 6.07) is 12.0.